The van der Waals surface area contributed by atoms with Crippen LogP contribution >= 0.6 is 0 Å². The number of rotatable bonds is 7. The maximum absolute atomic E-state index is 10.9. The van der Waals surface area contributed by atoms with E-state index in [9.17, 15) is 9.59 Å². The lowest BCUT2D eigenvalue weighted by Crippen LogP contribution is -2.20. The molecule has 0 fully saturated rings. The Balaban J connectivity index is 2.89. The van der Waals surface area contributed by atoms with Crippen molar-refractivity contribution in [2.45, 2.75) is 13.3 Å². The van der Waals surface area contributed by atoms with Crippen molar-refractivity contribution in [3.05, 3.63) is 29.3 Å². The van der Waals surface area contributed by atoms with Gasteiger partial charge in [-0.05, 0) is 18.6 Å². The molecule has 1 aromatic rings. The van der Waals surface area contributed by atoms with Gasteiger partial charge in [-0.15, -0.1) is 0 Å². The molecule has 1 rings (SSSR count). The highest BCUT2D eigenvalue weighted by Gasteiger charge is 2.10. The third-order valence-electron chi connectivity index (χ3n) is 2.65. The van der Waals surface area contributed by atoms with Crippen LogP contribution in [0.5, 0.6) is 11.5 Å². The van der Waals surface area contributed by atoms with Crippen molar-refractivity contribution in [3.8, 4) is 11.5 Å². The van der Waals surface area contributed by atoms with Crippen molar-refractivity contribution < 1.29 is 19.1 Å². The number of methoxy groups -OCH3 is 2. The quantitative estimate of drug-likeness (QED) is 0.612. The molecule has 1 amide bonds. The molecule has 0 spiro atoms. The van der Waals surface area contributed by atoms with Crippen LogP contribution < -0.4 is 14.8 Å². The standard InChI is InChI=1S/C15H19NO4/c1-11(18)16-7-5-4-6-13-8-12(10-17)9-14(19-2)15(13)20-3/h4,6,8-10H,5,7H2,1-3H3,(H,16,18). The third kappa shape index (κ3) is 4.42. The summed E-state index contributed by atoms with van der Waals surface area (Å²) >= 11 is 0. The van der Waals surface area contributed by atoms with Crippen molar-refractivity contribution in [3.63, 3.8) is 0 Å². The summed E-state index contributed by atoms with van der Waals surface area (Å²) in [6.45, 7) is 2.05. The minimum atomic E-state index is -0.0550. The minimum absolute atomic E-state index is 0.0550. The maximum atomic E-state index is 10.9. The zero-order valence-corrected chi connectivity index (χ0v) is 11.9. The number of benzene rings is 1. The first-order chi connectivity index (χ1) is 9.62. The van der Waals surface area contributed by atoms with Crippen LogP contribution in [0.4, 0.5) is 0 Å². The van der Waals surface area contributed by atoms with Gasteiger partial charge in [-0.3, -0.25) is 9.59 Å². The van der Waals surface area contributed by atoms with Crippen LogP contribution in [0.25, 0.3) is 6.08 Å². The summed E-state index contributed by atoms with van der Waals surface area (Å²) in [5.74, 6) is 1.04. The zero-order chi connectivity index (χ0) is 15.0. The fourth-order valence-corrected chi connectivity index (χ4v) is 1.75. The first-order valence-corrected chi connectivity index (χ1v) is 6.24. The van der Waals surface area contributed by atoms with Gasteiger partial charge >= 0.3 is 0 Å². The molecule has 0 aromatic heterocycles. The molecule has 0 heterocycles. The summed E-state index contributed by atoms with van der Waals surface area (Å²) in [7, 11) is 3.07. The van der Waals surface area contributed by atoms with Crippen LogP contribution in [0.1, 0.15) is 29.3 Å². The van der Waals surface area contributed by atoms with Gasteiger partial charge in [0.15, 0.2) is 11.5 Å². The van der Waals surface area contributed by atoms with E-state index in [0.717, 1.165) is 11.8 Å². The highest BCUT2D eigenvalue weighted by atomic mass is 16.5. The average Bonchev–Trinajstić information content (AvgIpc) is 2.45. The molecule has 0 saturated carbocycles. The molecular formula is C15H19NO4. The van der Waals surface area contributed by atoms with Crippen LogP contribution in [-0.4, -0.2) is 33.0 Å². The van der Waals surface area contributed by atoms with E-state index in [2.05, 4.69) is 5.32 Å². The number of ether oxygens (including phenoxy) is 2. The Morgan fingerprint density at radius 2 is 2.05 bits per heavy atom. The molecule has 5 heteroatoms. The Morgan fingerprint density at radius 1 is 1.30 bits per heavy atom. The van der Waals surface area contributed by atoms with E-state index in [0.29, 0.717) is 30.0 Å². The van der Waals surface area contributed by atoms with Gasteiger partial charge in [0, 0.05) is 24.6 Å². The second-order valence-corrected chi connectivity index (χ2v) is 4.14. The first-order valence-electron chi connectivity index (χ1n) is 6.24. The van der Waals surface area contributed by atoms with Crippen molar-refractivity contribution >= 4 is 18.3 Å². The molecule has 1 aromatic carbocycles. The van der Waals surface area contributed by atoms with Gasteiger partial charge < -0.3 is 14.8 Å². The predicted molar refractivity (Wildman–Crippen MR) is 77.3 cm³/mol. The summed E-state index contributed by atoms with van der Waals surface area (Å²) in [4.78, 5) is 21.6. The van der Waals surface area contributed by atoms with Gasteiger partial charge in [0.05, 0.1) is 14.2 Å². The Morgan fingerprint density at radius 3 is 2.60 bits per heavy atom. The largest absolute Gasteiger partial charge is 0.493 e. The van der Waals surface area contributed by atoms with E-state index >= 15 is 0 Å². The summed E-state index contributed by atoms with van der Waals surface area (Å²) in [6, 6.07) is 3.35. The molecule has 20 heavy (non-hydrogen) atoms. The van der Waals surface area contributed by atoms with Crippen LogP contribution in [0.15, 0.2) is 18.2 Å². The normalized spacial score (nSPS) is 10.3. The van der Waals surface area contributed by atoms with Crippen LogP contribution in [0, 0.1) is 0 Å². The second-order valence-electron chi connectivity index (χ2n) is 4.14. The number of amides is 1. The summed E-state index contributed by atoms with van der Waals surface area (Å²) in [6.07, 6.45) is 5.20. The van der Waals surface area contributed by atoms with Crippen LogP contribution in [0.3, 0.4) is 0 Å². The van der Waals surface area contributed by atoms with E-state index in [-0.39, 0.29) is 5.91 Å². The fraction of sp³-hybridized carbons (Fsp3) is 0.333. The maximum Gasteiger partial charge on any atom is 0.216 e. The third-order valence-corrected chi connectivity index (χ3v) is 2.65. The number of carbonyl (C=O) groups is 2. The number of carbonyl (C=O) groups excluding carboxylic acids is 2. The van der Waals surface area contributed by atoms with Gasteiger partial charge in [-0.2, -0.15) is 0 Å². The van der Waals surface area contributed by atoms with Crippen molar-refractivity contribution in [1.82, 2.24) is 5.32 Å². The topological polar surface area (TPSA) is 64.6 Å². The van der Waals surface area contributed by atoms with Crippen LogP contribution in [0.2, 0.25) is 0 Å². The van der Waals surface area contributed by atoms with Crippen molar-refractivity contribution in [2.75, 3.05) is 20.8 Å². The molecule has 0 saturated heterocycles. The Labute approximate surface area is 118 Å². The smallest absolute Gasteiger partial charge is 0.216 e. The van der Waals surface area contributed by atoms with E-state index in [1.807, 2.05) is 12.2 Å². The molecule has 0 aliphatic carbocycles. The lowest BCUT2D eigenvalue weighted by Gasteiger charge is -2.11. The van der Waals surface area contributed by atoms with Gasteiger partial charge in [0.2, 0.25) is 5.91 Å². The molecule has 1 N–H and O–H groups in total. The molecule has 108 valence electrons. The number of aldehydes is 1. The molecule has 5 nitrogen and oxygen atoms in total. The van der Waals surface area contributed by atoms with Crippen LogP contribution in [-0.2, 0) is 4.79 Å². The first kappa shape index (κ1) is 15.8. The molecule has 0 radical (unpaired) electrons. The SMILES string of the molecule is COc1cc(C=O)cc(C=CCCNC(C)=O)c1OC. The molecule has 0 aliphatic heterocycles. The molecular weight excluding hydrogens is 258 g/mol. The molecule has 0 atom stereocenters. The number of hydrogen-bond donors (Lipinski definition) is 1. The number of nitrogens with one attached hydrogen (secondary N) is 1. The predicted octanol–water partition coefficient (Wildman–Crippen LogP) is 2.06. The van der Waals surface area contributed by atoms with Gasteiger partial charge in [0.25, 0.3) is 0 Å². The molecule has 0 bridgehead atoms. The minimum Gasteiger partial charge on any atom is -0.493 e. The Hall–Kier alpha value is -2.30. The highest BCUT2D eigenvalue weighted by molar-refractivity contribution is 5.80. The monoisotopic (exact) mass is 277 g/mol. The van der Waals surface area contributed by atoms with E-state index in [4.69, 9.17) is 9.47 Å². The Kier molecular flexibility index (Phi) is 6.29. The summed E-state index contributed by atoms with van der Waals surface area (Å²) in [5.41, 5.74) is 1.28. The van der Waals surface area contributed by atoms with Crippen molar-refractivity contribution in [1.29, 1.82) is 0 Å². The van der Waals surface area contributed by atoms with Gasteiger partial charge in [-0.25, -0.2) is 0 Å². The Bertz CT molecular complexity index is 509. The number of hydrogen-bond acceptors (Lipinski definition) is 4. The van der Waals surface area contributed by atoms with E-state index in [1.165, 1.54) is 14.0 Å². The lowest BCUT2D eigenvalue weighted by atomic mass is 10.1. The van der Waals surface area contributed by atoms with E-state index in [1.54, 1.807) is 19.2 Å². The zero-order valence-electron chi connectivity index (χ0n) is 11.9. The highest BCUT2D eigenvalue weighted by Crippen LogP contribution is 2.33. The van der Waals surface area contributed by atoms with Crippen molar-refractivity contribution in [2.24, 2.45) is 0 Å². The van der Waals surface area contributed by atoms with Gasteiger partial charge in [-0.1, -0.05) is 12.2 Å². The molecule has 0 unspecified atom stereocenters. The van der Waals surface area contributed by atoms with E-state index < -0.39 is 0 Å². The second kappa shape index (κ2) is 7.99. The summed E-state index contributed by atoms with van der Waals surface area (Å²) in [5, 5.41) is 2.70. The average molecular weight is 277 g/mol. The molecule has 0 aliphatic rings. The summed E-state index contributed by atoms with van der Waals surface area (Å²) < 4.78 is 10.5. The fourth-order valence-electron chi connectivity index (χ4n) is 1.75. The van der Waals surface area contributed by atoms with Gasteiger partial charge in [0.1, 0.15) is 6.29 Å². The lowest BCUT2D eigenvalue weighted by molar-refractivity contribution is -0.118.